The van der Waals surface area contributed by atoms with Crippen LogP contribution in [0, 0.1) is 35.0 Å². The smallest absolute Gasteiger partial charge is 0.0241 e. The molecular formula is C17H32. The molecule has 0 aromatic rings. The molecule has 17 heavy (non-hydrogen) atoms. The number of hydrogen-bond acceptors (Lipinski definition) is 0. The molecule has 0 amide bonds. The fourth-order valence-electron chi connectivity index (χ4n) is 5.26. The molecule has 2 rings (SSSR count). The maximum atomic E-state index is 2.63. The molecule has 0 heteroatoms. The van der Waals surface area contributed by atoms with Crippen molar-refractivity contribution in [1.29, 1.82) is 0 Å². The first-order chi connectivity index (χ1) is 7.98. The van der Waals surface area contributed by atoms with Crippen molar-refractivity contribution >= 4 is 0 Å². The SMILES string of the molecule is CC(C)C1CCC2CCCCC2C1(C)C(C)C. The Hall–Kier alpha value is 0. The van der Waals surface area contributed by atoms with Crippen LogP contribution in [0.4, 0.5) is 0 Å². The molecule has 4 atom stereocenters. The molecule has 2 saturated carbocycles. The van der Waals surface area contributed by atoms with Crippen LogP contribution in [0.15, 0.2) is 0 Å². The molecule has 0 N–H and O–H groups in total. The van der Waals surface area contributed by atoms with Gasteiger partial charge in [-0.1, -0.05) is 53.9 Å². The van der Waals surface area contributed by atoms with Gasteiger partial charge in [0.2, 0.25) is 0 Å². The minimum Gasteiger partial charge on any atom is -0.0625 e. The molecule has 0 spiro atoms. The fourth-order valence-corrected chi connectivity index (χ4v) is 5.26. The lowest BCUT2D eigenvalue weighted by Gasteiger charge is -2.57. The number of rotatable bonds is 2. The van der Waals surface area contributed by atoms with E-state index in [-0.39, 0.29) is 0 Å². The molecule has 0 nitrogen and oxygen atoms in total. The second-order valence-corrected chi connectivity index (χ2v) is 7.60. The first kappa shape index (κ1) is 13.4. The predicted octanol–water partition coefficient (Wildman–Crippen LogP) is 5.52. The summed E-state index contributed by atoms with van der Waals surface area (Å²) in [6, 6.07) is 0. The van der Waals surface area contributed by atoms with Crippen molar-refractivity contribution < 1.29 is 0 Å². The summed E-state index contributed by atoms with van der Waals surface area (Å²) in [5.41, 5.74) is 0.609. The highest BCUT2D eigenvalue weighted by Crippen LogP contribution is 2.58. The zero-order chi connectivity index (χ0) is 12.6. The van der Waals surface area contributed by atoms with Crippen molar-refractivity contribution in [2.45, 2.75) is 73.1 Å². The molecule has 4 unspecified atom stereocenters. The van der Waals surface area contributed by atoms with Crippen LogP contribution in [0.25, 0.3) is 0 Å². The Labute approximate surface area is 109 Å². The summed E-state index contributed by atoms with van der Waals surface area (Å²) in [6.07, 6.45) is 9.06. The summed E-state index contributed by atoms with van der Waals surface area (Å²) in [7, 11) is 0. The van der Waals surface area contributed by atoms with E-state index in [0.29, 0.717) is 5.41 Å². The van der Waals surface area contributed by atoms with Crippen LogP contribution in [-0.2, 0) is 0 Å². The molecule has 0 heterocycles. The number of hydrogen-bond donors (Lipinski definition) is 0. The van der Waals surface area contributed by atoms with Gasteiger partial charge >= 0.3 is 0 Å². The van der Waals surface area contributed by atoms with Gasteiger partial charge in [0.1, 0.15) is 0 Å². The van der Waals surface area contributed by atoms with Crippen molar-refractivity contribution in [3.05, 3.63) is 0 Å². The van der Waals surface area contributed by atoms with Crippen LogP contribution in [0.5, 0.6) is 0 Å². The van der Waals surface area contributed by atoms with Gasteiger partial charge in [0.15, 0.2) is 0 Å². The van der Waals surface area contributed by atoms with E-state index < -0.39 is 0 Å². The highest BCUT2D eigenvalue weighted by atomic mass is 14.6. The highest BCUT2D eigenvalue weighted by molar-refractivity contribution is 4.99. The molecule has 0 bridgehead atoms. The van der Waals surface area contributed by atoms with Crippen LogP contribution in [-0.4, -0.2) is 0 Å². The largest absolute Gasteiger partial charge is 0.0625 e. The molecular weight excluding hydrogens is 204 g/mol. The van der Waals surface area contributed by atoms with Crippen LogP contribution in [0.3, 0.4) is 0 Å². The van der Waals surface area contributed by atoms with E-state index in [1.165, 1.54) is 38.5 Å². The van der Waals surface area contributed by atoms with E-state index >= 15 is 0 Å². The summed E-state index contributed by atoms with van der Waals surface area (Å²) in [6.45, 7) is 12.5. The highest BCUT2D eigenvalue weighted by Gasteiger charge is 2.50. The molecule has 2 fully saturated rings. The van der Waals surface area contributed by atoms with E-state index in [4.69, 9.17) is 0 Å². The molecule has 0 saturated heterocycles. The lowest BCUT2D eigenvalue weighted by molar-refractivity contribution is -0.0775. The molecule has 0 radical (unpaired) electrons. The third kappa shape index (κ3) is 2.17. The van der Waals surface area contributed by atoms with E-state index in [1.807, 2.05) is 0 Å². The van der Waals surface area contributed by atoms with E-state index in [2.05, 4.69) is 34.6 Å². The van der Waals surface area contributed by atoms with Crippen LogP contribution in [0.2, 0.25) is 0 Å². The summed E-state index contributed by atoms with van der Waals surface area (Å²) >= 11 is 0. The third-order valence-corrected chi connectivity index (χ3v) is 6.40. The van der Waals surface area contributed by atoms with Gasteiger partial charge in [-0.25, -0.2) is 0 Å². The Bertz CT molecular complexity index is 253. The molecule has 0 aromatic carbocycles. The van der Waals surface area contributed by atoms with Crippen LogP contribution >= 0.6 is 0 Å². The molecule has 2 aliphatic carbocycles. The van der Waals surface area contributed by atoms with Gasteiger partial charge in [-0.15, -0.1) is 0 Å². The quantitative estimate of drug-likeness (QED) is 0.592. The Kier molecular flexibility index (Phi) is 3.90. The zero-order valence-electron chi connectivity index (χ0n) is 12.6. The Balaban J connectivity index is 2.28. The summed E-state index contributed by atoms with van der Waals surface area (Å²) in [5, 5.41) is 0. The molecule has 0 aliphatic heterocycles. The first-order valence-electron chi connectivity index (χ1n) is 7.98. The number of fused-ring (bicyclic) bond motifs is 1. The summed E-state index contributed by atoms with van der Waals surface area (Å²) < 4.78 is 0. The maximum absolute atomic E-state index is 2.63. The van der Waals surface area contributed by atoms with Crippen molar-refractivity contribution in [3.8, 4) is 0 Å². The van der Waals surface area contributed by atoms with Crippen LogP contribution in [0.1, 0.15) is 73.1 Å². The minimum absolute atomic E-state index is 0.609. The lowest BCUT2D eigenvalue weighted by atomic mass is 9.48. The second-order valence-electron chi connectivity index (χ2n) is 7.60. The summed E-state index contributed by atoms with van der Waals surface area (Å²) in [4.78, 5) is 0. The Morgan fingerprint density at radius 1 is 0.882 bits per heavy atom. The zero-order valence-corrected chi connectivity index (χ0v) is 12.6. The van der Waals surface area contributed by atoms with Crippen molar-refractivity contribution in [2.75, 3.05) is 0 Å². The predicted molar refractivity (Wildman–Crippen MR) is 76.0 cm³/mol. The second kappa shape index (κ2) is 4.94. The van der Waals surface area contributed by atoms with E-state index in [1.54, 1.807) is 0 Å². The fraction of sp³-hybridized carbons (Fsp3) is 1.00. The standard InChI is InChI=1S/C17H32/c1-12(2)15-11-10-14-8-6-7-9-16(14)17(15,5)13(3)4/h12-16H,6-11H2,1-5H3. The normalized spacial score (nSPS) is 42.9. The molecule has 2 aliphatic rings. The van der Waals surface area contributed by atoms with Gasteiger partial charge in [-0.3, -0.25) is 0 Å². The van der Waals surface area contributed by atoms with Gasteiger partial charge in [0, 0.05) is 0 Å². The van der Waals surface area contributed by atoms with Gasteiger partial charge in [-0.2, -0.15) is 0 Å². The maximum Gasteiger partial charge on any atom is -0.0241 e. The average molecular weight is 236 g/mol. The molecule has 100 valence electrons. The van der Waals surface area contributed by atoms with Gasteiger partial charge < -0.3 is 0 Å². The molecule has 0 aromatic heterocycles. The van der Waals surface area contributed by atoms with Crippen molar-refractivity contribution in [1.82, 2.24) is 0 Å². The third-order valence-electron chi connectivity index (χ3n) is 6.40. The first-order valence-corrected chi connectivity index (χ1v) is 7.98. The van der Waals surface area contributed by atoms with E-state index in [0.717, 1.165) is 29.6 Å². The lowest BCUT2D eigenvalue weighted by Crippen LogP contribution is -2.49. The summed E-state index contributed by atoms with van der Waals surface area (Å²) in [5.74, 6) is 4.76. The minimum atomic E-state index is 0.609. The van der Waals surface area contributed by atoms with Gasteiger partial charge in [-0.05, 0) is 54.3 Å². The van der Waals surface area contributed by atoms with Gasteiger partial charge in [0.05, 0.1) is 0 Å². The van der Waals surface area contributed by atoms with Crippen molar-refractivity contribution in [3.63, 3.8) is 0 Å². The monoisotopic (exact) mass is 236 g/mol. The Morgan fingerprint density at radius 3 is 2.12 bits per heavy atom. The Morgan fingerprint density at radius 2 is 1.53 bits per heavy atom. The topological polar surface area (TPSA) is 0 Å². The van der Waals surface area contributed by atoms with Gasteiger partial charge in [0.25, 0.3) is 0 Å². The van der Waals surface area contributed by atoms with E-state index in [9.17, 15) is 0 Å². The van der Waals surface area contributed by atoms with Crippen LogP contribution < -0.4 is 0 Å². The van der Waals surface area contributed by atoms with Crippen molar-refractivity contribution in [2.24, 2.45) is 35.0 Å². The average Bonchev–Trinajstić information content (AvgIpc) is 2.29.